The van der Waals surface area contributed by atoms with Crippen LogP contribution in [0.3, 0.4) is 0 Å². The molecule has 1 amide bonds. The van der Waals surface area contributed by atoms with Crippen LogP contribution in [0.1, 0.15) is 13.8 Å². The lowest BCUT2D eigenvalue weighted by atomic mass is 10.1. The van der Waals surface area contributed by atoms with Gasteiger partial charge in [0.15, 0.2) is 0 Å². The lowest BCUT2D eigenvalue weighted by Crippen LogP contribution is -2.55. The number of methoxy groups -OCH3 is 1. The van der Waals surface area contributed by atoms with Crippen molar-refractivity contribution in [3.05, 3.63) is 0 Å². The van der Waals surface area contributed by atoms with Crippen LogP contribution in [0.4, 0.5) is 0 Å². The molecule has 0 aliphatic carbocycles. The van der Waals surface area contributed by atoms with Gasteiger partial charge in [-0.15, -0.1) is 0 Å². The third kappa shape index (κ3) is 3.90. The number of ether oxygens (including phenoxy) is 1. The molecule has 0 aromatic carbocycles. The number of piperazine rings is 1. The van der Waals surface area contributed by atoms with Gasteiger partial charge in [-0.2, -0.15) is 0 Å². The fourth-order valence-electron chi connectivity index (χ4n) is 1.80. The first-order valence-corrected chi connectivity index (χ1v) is 6.13. The number of nitrogens with zero attached hydrogens (tertiary/aromatic N) is 2. The van der Waals surface area contributed by atoms with E-state index in [1.807, 2.05) is 4.90 Å². The number of carbonyl (C=O) groups is 1. The molecule has 98 valence electrons. The summed E-state index contributed by atoms with van der Waals surface area (Å²) >= 11 is 4.87. The minimum atomic E-state index is -0.745. The lowest BCUT2D eigenvalue weighted by Gasteiger charge is -2.37. The maximum absolute atomic E-state index is 12.1. The number of amides is 1. The van der Waals surface area contributed by atoms with Crippen molar-refractivity contribution in [2.24, 2.45) is 5.73 Å². The molecule has 6 heteroatoms. The number of rotatable bonds is 4. The Morgan fingerprint density at radius 1 is 1.35 bits per heavy atom. The minimum Gasteiger partial charge on any atom is -0.392 e. The number of carbonyl (C=O) groups excluding carboxylic acids is 1. The quantitative estimate of drug-likeness (QED) is 0.711. The van der Waals surface area contributed by atoms with Crippen LogP contribution in [-0.4, -0.2) is 66.1 Å². The van der Waals surface area contributed by atoms with Gasteiger partial charge in [-0.05, 0) is 13.8 Å². The Balaban J connectivity index is 2.47. The molecule has 0 atom stereocenters. The predicted octanol–water partition coefficient (Wildman–Crippen LogP) is -0.158. The van der Waals surface area contributed by atoms with Gasteiger partial charge in [-0.3, -0.25) is 9.69 Å². The molecule has 1 heterocycles. The van der Waals surface area contributed by atoms with Crippen LogP contribution in [0.25, 0.3) is 0 Å². The van der Waals surface area contributed by atoms with E-state index in [1.54, 1.807) is 21.0 Å². The van der Waals surface area contributed by atoms with Crippen LogP contribution in [0.5, 0.6) is 0 Å². The Kier molecular flexibility index (Phi) is 4.85. The first-order chi connectivity index (χ1) is 7.86. The van der Waals surface area contributed by atoms with Crippen LogP contribution in [-0.2, 0) is 9.53 Å². The predicted molar refractivity (Wildman–Crippen MR) is 70.9 cm³/mol. The highest BCUT2D eigenvalue weighted by Gasteiger charge is 2.33. The number of hydrogen-bond acceptors (Lipinski definition) is 4. The molecule has 0 saturated carbocycles. The van der Waals surface area contributed by atoms with E-state index in [4.69, 9.17) is 22.7 Å². The molecule has 0 radical (unpaired) electrons. The fraction of sp³-hybridized carbons (Fsp3) is 0.818. The Hall–Kier alpha value is -0.720. The Bertz CT molecular complexity index is 299. The second-order valence-corrected chi connectivity index (χ2v) is 5.27. The second-order valence-electron chi connectivity index (χ2n) is 4.75. The number of nitrogens with two attached hydrogens (primary N) is 1. The van der Waals surface area contributed by atoms with Gasteiger partial charge in [-0.25, -0.2) is 0 Å². The van der Waals surface area contributed by atoms with Crippen molar-refractivity contribution in [1.82, 2.24) is 9.80 Å². The molecular weight excluding hydrogens is 238 g/mol. The summed E-state index contributed by atoms with van der Waals surface area (Å²) in [4.78, 5) is 16.6. The van der Waals surface area contributed by atoms with Crippen LogP contribution in [0.15, 0.2) is 0 Å². The van der Waals surface area contributed by atoms with Crippen LogP contribution in [0, 0.1) is 0 Å². The largest absolute Gasteiger partial charge is 0.392 e. The van der Waals surface area contributed by atoms with E-state index >= 15 is 0 Å². The first kappa shape index (κ1) is 14.3. The lowest BCUT2D eigenvalue weighted by molar-refractivity contribution is -0.152. The van der Waals surface area contributed by atoms with Gasteiger partial charge in [0.2, 0.25) is 0 Å². The summed E-state index contributed by atoms with van der Waals surface area (Å²) in [7, 11) is 1.56. The summed E-state index contributed by atoms with van der Waals surface area (Å²) in [5.74, 6) is 0.0370. The van der Waals surface area contributed by atoms with Crippen LogP contribution in [0.2, 0.25) is 0 Å². The molecule has 1 aliphatic heterocycles. The molecular formula is C11H21N3O2S. The highest BCUT2D eigenvalue weighted by atomic mass is 32.1. The van der Waals surface area contributed by atoms with Crippen molar-refractivity contribution in [1.29, 1.82) is 0 Å². The van der Waals surface area contributed by atoms with E-state index < -0.39 is 5.60 Å². The van der Waals surface area contributed by atoms with Crippen molar-refractivity contribution in [3.8, 4) is 0 Å². The van der Waals surface area contributed by atoms with Crippen molar-refractivity contribution < 1.29 is 9.53 Å². The zero-order valence-corrected chi connectivity index (χ0v) is 11.5. The van der Waals surface area contributed by atoms with E-state index in [1.165, 1.54) is 0 Å². The van der Waals surface area contributed by atoms with Gasteiger partial charge in [-0.1, -0.05) is 12.2 Å². The maximum atomic E-state index is 12.1. The highest BCUT2D eigenvalue weighted by molar-refractivity contribution is 7.80. The zero-order chi connectivity index (χ0) is 13.1. The Morgan fingerprint density at radius 2 is 1.88 bits per heavy atom. The fourth-order valence-corrected chi connectivity index (χ4v) is 1.98. The molecule has 17 heavy (non-hydrogen) atoms. The smallest absolute Gasteiger partial charge is 0.254 e. The molecule has 0 spiro atoms. The first-order valence-electron chi connectivity index (χ1n) is 5.72. The standard InChI is InChI=1S/C11H21N3O2S/c1-11(2,16-3)10(15)14-6-4-13(5-7-14)8-9(12)17/h4-8H2,1-3H3,(H2,12,17). The van der Waals surface area contributed by atoms with E-state index in [0.717, 1.165) is 13.1 Å². The van der Waals surface area contributed by atoms with Gasteiger partial charge < -0.3 is 15.4 Å². The van der Waals surface area contributed by atoms with E-state index in [2.05, 4.69) is 4.90 Å². The van der Waals surface area contributed by atoms with Crippen LogP contribution < -0.4 is 5.73 Å². The molecule has 0 unspecified atom stereocenters. The highest BCUT2D eigenvalue weighted by Crippen LogP contribution is 2.14. The summed E-state index contributed by atoms with van der Waals surface area (Å²) < 4.78 is 5.20. The number of thiocarbonyl (C=S) groups is 1. The molecule has 0 aromatic heterocycles. The normalized spacial score (nSPS) is 18.2. The molecule has 1 aliphatic rings. The van der Waals surface area contributed by atoms with Gasteiger partial charge in [0.25, 0.3) is 5.91 Å². The van der Waals surface area contributed by atoms with E-state index in [-0.39, 0.29) is 5.91 Å². The maximum Gasteiger partial charge on any atom is 0.254 e. The van der Waals surface area contributed by atoms with Gasteiger partial charge in [0.1, 0.15) is 5.60 Å². The third-order valence-electron chi connectivity index (χ3n) is 3.06. The average molecular weight is 259 g/mol. The molecule has 0 aromatic rings. The van der Waals surface area contributed by atoms with E-state index in [0.29, 0.717) is 24.6 Å². The average Bonchev–Trinajstić information content (AvgIpc) is 2.28. The van der Waals surface area contributed by atoms with Crippen molar-refractivity contribution in [3.63, 3.8) is 0 Å². The van der Waals surface area contributed by atoms with Crippen molar-refractivity contribution >= 4 is 23.1 Å². The van der Waals surface area contributed by atoms with Gasteiger partial charge in [0, 0.05) is 39.8 Å². The van der Waals surface area contributed by atoms with Crippen molar-refractivity contribution in [2.75, 3.05) is 39.8 Å². The third-order valence-corrected chi connectivity index (χ3v) is 3.19. The molecule has 1 saturated heterocycles. The summed E-state index contributed by atoms with van der Waals surface area (Å²) in [6.07, 6.45) is 0. The van der Waals surface area contributed by atoms with Gasteiger partial charge in [0.05, 0.1) is 4.99 Å². The monoisotopic (exact) mass is 259 g/mol. The Morgan fingerprint density at radius 3 is 2.29 bits per heavy atom. The molecule has 5 nitrogen and oxygen atoms in total. The summed E-state index contributed by atoms with van der Waals surface area (Å²) in [5, 5.41) is 0. The molecule has 2 N–H and O–H groups in total. The topological polar surface area (TPSA) is 58.8 Å². The van der Waals surface area contributed by atoms with Crippen molar-refractivity contribution in [2.45, 2.75) is 19.4 Å². The second kappa shape index (κ2) is 5.75. The molecule has 1 rings (SSSR count). The summed E-state index contributed by atoms with van der Waals surface area (Å²) in [6, 6.07) is 0. The van der Waals surface area contributed by atoms with E-state index in [9.17, 15) is 4.79 Å². The number of hydrogen-bond donors (Lipinski definition) is 1. The minimum absolute atomic E-state index is 0.0370. The molecule has 1 fully saturated rings. The van der Waals surface area contributed by atoms with Gasteiger partial charge >= 0.3 is 0 Å². The Labute approximate surface area is 108 Å². The van der Waals surface area contributed by atoms with Crippen LogP contribution >= 0.6 is 12.2 Å². The SMILES string of the molecule is COC(C)(C)C(=O)N1CCN(CC(N)=S)CC1. The summed E-state index contributed by atoms with van der Waals surface area (Å²) in [6.45, 7) is 7.23. The zero-order valence-electron chi connectivity index (χ0n) is 10.7. The molecule has 0 bridgehead atoms. The summed E-state index contributed by atoms with van der Waals surface area (Å²) in [5.41, 5.74) is 4.75.